The maximum absolute atomic E-state index is 5.72. The lowest BCUT2D eigenvalue weighted by molar-refractivity contribution is 0.520. The van der Waals surface area contributed by atoms with Crippen molar-refractivity contribution in [2.45, 2.75) is 46.1 Å². The van der Waals surface area contributed by atoms with Crippen molar-refractivity contribution in [3.8, 4) is 0 Å². The number of nitrogens with two attached hydrogens (primary N) is 1. The lowest BCUT2D eigenvalue weighted by Crippen LogP contribution is -2.29. The smallest absolute Gasteiger partial charge is 0.152 e. The number of nitrogens with zero attached hydrogens (tertiary/aromatic N) is 3. The Balaban J connectivity index is 2.37. The van der Waals surface area contributed by atoms with Gasteiger partial charge in [0.15, 0.2) is 5.82 Å². The van der Waals surface area contributed by atoms with Crippen LogP contribution in [0.3, 0.4) is 0 Å². The van der Waals surface area contributed by atoms with Crippen LogP contribution in [-0.2, 0) is 5.41 Å². The molecule has 0 saturated heterocycles. The molecule has 0 bridgehead atoms. The summed E-state index contributed by atoms with van der Waals surface area (Å²) in [6.07, 6.45) is 3.65. The number of anilines is 1. The summed E-state index contributed by atoms with van der Waals surface area (Å²) in [4.78, 5) is 4.45. The molecule has 2 unspecified atom stereocenters. The first kappa shape index (κ1) is 14.8. The van der Waals surface area contributed by atoms with Crippen LogP contribution in [0.5, 0.6) is 0 Å². The average Bonchev–Trinajstić information content (AvgIpc) is 2.82. The molecule has 2 heterocycles. The second-order valence-electron chi connectivity index (χ2n) is 6.53. The molecule has 20 heavy (non-hydrogen) atoms. The summed E-state index contributed by atoms with van der Waals surface area (Å²) in [6, 6.07) is 2.38. The van der Waals surface area contributed by atoms with Gasteiger partial charge in [-0.3, -0.25) is 0 Å². The van der Waals surface area contributed by atoms with Crippen LogP contribution in [0.1, 0.15) is 40.3 Å². The van der Waals surface area contributed by atoms with Crippen molar-refractivity contribution in [2.75, 3.05) is 11.9 Å². The van der Waals surface area contributed by atoms with E-state index in [0.717, 1.165) is 17.0 Å². The van der Waals surface area contributed by atoms with Crippen LogP contribution in [0.4, 0.5) is 5.82 Å². The van der Waals surface area contributed by atoms with E-state index in [1.54, 1.807) is 6.20 Å². The van der Waals surface area contributed by atoms with E-state index in [0.29, 0.717) is 12.5 Å². The number of fused-ring (bicyclic) bond motifs is 1. The zero-order valence-electron chi connectivity index (χ0n) is 13.0. The molecular formula is C15H25N5. The highest BCUT2D eigenvalue weighted by Gasteiger charge is 2.20. The van der Waals surface area contributed by atoms with E-state index in [9.17, 15) is 0 Å². The van der Waals surface area contributed by atoms with E-state index in [2.05, 4.69) is 56.1 Å². The minimum Gasteiger partial charge on any atom is -0.366 e. The van der Waals surface area contributed by atoms with Gasteiger partial charge in [0.2, 0.25) is 0 Å². The van der Waals surface area contributed by atoms with Crippen molar-refractivity contribution in [1.82, 2.24) is 14.6 Å². The summed E-state index contributed by atoms with van der Waals surface area (Å²) in [5, 5.41) is 8.08. The van der Waals surface area contributed by atoms with Crippen LogP contribution >= 0.6 is 0 Å². The van der Waals surface area contributed by atoms with Gasteiger partial charge in [-0.1, -0.05) is 27.7 Å². The molecule has 0 aliphatic rings. The molecule has 0 aromatic carbocycles. The Kier molecular flexibility index (Phi) is 3.99. The molecule has 0 fully saturated rings. The van der Waals surface area contributed by atoms with Crippen LogP contribution < -0.4 is 11.1 Å². The highest BCUT2D eigenvalue weighted by Crippen LogP contribution is 2.25. The molecule has 0 aliphatic heterocycles. The number of aromatic nitrogens is 3. The topological polar surface area (TPSA) is 68.2 Å². The van der Waals surface area contributed by atoms with Gasteiger partial charge in [0.1, 0.15) is 5.52 Å². The fourth-order valence-electron chi connectivity index (χ4n) is 1.96. The van der Waals surface area contributed by atoms with Gasteiger partial charge >= 0.3 is 0 Å². The monoisotopic (exact) mass is 275 g/mol. The Labute approximate surface area is 120 Å². The van der Waals surface area contributed by atoms with Crippen molar-refractivity contribution in [2.24, 2.45) is 11.7 Å². The molecule has 0 radical (unpaired) electrons. The predicted octanol–water partition coefficient (Wildman–Crippen LogP) is 2.42. The summed E-state index contributed by atoms with van der Waals surface area (Å²) in [6.45, 7) is 11.4. The summed E-state index contributed by atoms with van der Waals surface area (Å²) in [7, 11) is 0. The molecule has 110 valence electrons. The van der Waals surface area contributed by atoms with Crippen molar-refractivity contribution < 1.29 is 0 Å². The first-order chi connectivity index (χ1) is 9.32. The van der Waals surface area contributed by atoms with E-state index in [1.807, 2.05) is 10.7 Å². The van der Waals surface area contributed by atoms with Gasteiger partial charge < -0.3 is 11.1 Å². The Morgan fingerprint density at radius 3 is 2.65 bits per heavy atom. The standard InChI is InChI=1S/C15H25N5/c1-10(9-16)11(2)18-14-12-8-13(15(3,4)5)19-20(12)7-6-17-14/h6-8,10-11H,9,16H2,1-5H3,(H,17,18). The maximum atomic E-state index is 5.72. The van der Waals surface area contributed by atoms with Crippen LogP contribution in [0.2, 0.25) is 0 Å². The third kappa shape index (κ3) is 2.93. The fourth-order valence-corrected chi connectivity index (χ4v) is 1.96. The second kappa shape index (κ2) is 5.40. The summed E-state index contributed by atoms with van der Waals surface area (Å²) in [5.41, 5.74) is 7.82. The minimum atomic E-state index is 0.0272. The molecule has 2 aromatic heterocycles. The number of nitrogens with one attached hydrogen (secondary N) is 1. The van der Waals surface area contributed by atoms with Gasteiger partial charge in [-0.2, -0.15) is 5.10 Å². The van der Waals surface area contributed by atoms with Gasteiger partial charge in [-0.25, -0.2) is 9.50 Å². The summed E-state index contributed by atoms with van der Waals surface area (Å²) < 4.78 is 1.88. The molecule has 3 N–H and O–H groups in total. The number of rotatable bonds is 4. The van der Waals surface area contributed by atoms with Gasteiger partial charge in [0.25, 0.3) is 0 Å². The quantitative estimate of drug-likeness (QED) is 0.899. The molecule has 0 amide bonds. The molecule has 5 nitrogen and oxygen atoms in total. The van der Waals surface area contributed by atoms with E-state index in [4.69, 9.17) is 5.73 Å². The van der Waals surface area contributed by atoms with E-state index in [1.165, 1.54) is 0 Å². The van der Waals surface area contributed by atoms with E-state index >= 15 is 0 Å². The van der Waals surface area contributed by atoms with Crippen molar-refractivity contribution in [1.29, 1.82) is 0 Å². The highest BCUT2D eigenvalue weighted by molar-refractivity contribution is 5.68. The van der Waals surface area contributed by atoms with Crippen molar-refractivity contribution in [3.63, 3.8) is 0 Å². The fraction of sp³-hybridized carbons (Fsp3) is 0.600. The van der Waals surface area contributed by atoms with Crippen molar-refractivity contribution in [3.05, 3.63) is 24.2 Å². The Hall–Kier alpha value is -1.62. The SMILES string of the molecule is CC(CN)C(C)Nc1nccn2nc(C(C)(C)C)cc12. The van der Waals surface area contributed by atoms with Gasteiger partial charge in [-0.15, -0.1) is 0 Å². The average molecular weight is 275 g/mol. The second-order valence-corrected chi connectivity index (χ2v) is 6.53. The van der Waals surface area contributed by atoms with E-state index in [-0.39, 0.29) is 11.5 Å². The van der Waals surface area contributed by atoms with E-state index < -0.39 is 0 Å². The molecule has 2 rings (SSSR count). The summed E-state index contributed by atoms with van der Waals surface area (Å²) >= 11 is 0. The summed E-state index contributed by atoms with van der Waals surface area (Å²) in [5.74, 6) is 1.25. The van der Waals surface area contributed by atoms with Gasteiger partial charge in [0.05, 0.1) is 5.69 Å². The molecule has 0 aliphatic carbocycles. The van der Waals surface area contributed by atoms with Crippen LogP contribution in [0.15, 0.2) is 18.5 Å². The Bertz CT molecular complexity index is 581. The highest BCUT2D eigenvalue weighted by atomic mass is 15.2. The Morgan fingerprint density at radius 1 is 1.35 bits per heavy atom. The first-order valence-corrected chi connectivity index (χ1v) is 7.14. The largest absolute Gasteiger partial charge is 0.366 e. The lowest BCUT2D eigenvalue weighted by atomic mass is 9.92. The Morgan fingerprint density at radius 2 is 2.05 bits per heavy atom. The van der Waals surface area contributed by atoms with Crippen LogP contribution in [-0.4, -0.2) is 27.2 Å². The minimum absolute atomic E-state index is 0.0272. The molecule has 0 spiro atoms. The maximum Gasteiger partial charge on any atom is 0.152 e. The third-order valence-corrected chi connectivity index (χ3v) is 3.75. The molecular weight excluding hydrogens is 250 g/mol. The molecule has 2 aromatic rings. The van der Waals surface area contributed by atoms with Gasteiger partial charge in [-0.05, 0) is 25.5 Å². The zero-order chi connectivity index (χ0) is 14.9. The normalized spacial score (nSPS) is 15.3. The molecule has 5 heteroatoms. The predicted molar refractivity (Wildman–Crippen MR) is 83.0 cm³/mol. The molecule has 0 saturated carbocycles. The van der Waals surface area contributed by atoms with Crippen LogP contribution in [0.25, 0.3) is 5.52 Å². The van der Waals surface area contributed by atoms with Gasteiger partial charge in [0, 0.05) is 23.9 Å². The zero-order valence-corrected chi connectivity index (χ0v) is 13.0. The lowest BCUT2D eigenvalue weighted by Gasteiger charge is -2.20. The number of hydrogen-bond donors (Lipinski definition) is 2. The van der Waals surface area contributed by atoms with Crippen LogP contribution in [0, 0.1) is 5.92 Å². The number of hydrogen-bond acceptors (Lipinski definition) is 4. The van der Waals surface area contributed by atoms with Crippen molar-refractivity contribution >= 4 is 11.3 Å². The molecule has 2 atom stereocenters. The third-order valence-electron chi connectivity index (χ3n) is 3.75. The first-order valence-electron chi connectivity index (χ1n) is 7.14.